The number of thiophene rings is 1. The Morgan fingerprint density at radius 3 is 1.74 bits per heavy atom. The molecule has 61 heavy (non-hydrogen) atoms. The average molecular weight is 791 g/mol. The van der Waals surface area contributed by atoms with Crippen molar-refractivity contribution in [2.45, 2.75) is 0 Å². The van der Waals surface area contributed by atoms with Crippen LogP contribution in [0.4, 0.5) is 0 Å². The molecule has 0 bridgehead atoms. The Balaban J connectivity index is 1.13. The van der Waals surface area contributed by atoms with Gasteiger partial charge in [0.15, 0.2) is 17.5 Å². The zero-order chi connectivity index (χ0) is 41.7. The van der Waals surface area contributed by atoms with Crippen molar-refractivity contribution in [3.8, 4) is 56.4 Å². The van der Waals surface area contributed by atoms with Gasteiger partial charge in [-0.3, -0.25) is 0 Å². The molecule has 3 aromatic heterocycles. The van der Waals surface area contributed by atoms with Crippen LogP contribution < -0.4 is 38.2 Å². The van der Waals surface area contributed by atoms with Gasteiger partial charge in [0.25, 0.3) is 0 Å². The third kappa shape index (κ3) is 5.95. The van der Waals surface area contributed by atoms with Crippen LogP contribution in [0.2, 0.25) is 0 Å². The van der Waals surface area contributed by atoms with Gasteiger partial charge in [-0.2, -0.15) is 0 Å². The fraction of sp³-hybridized carbons (Fsp3) is 0. The predicted octanol–water partition coefficient (Wildman–Crippen LogP) is 1.44. The summed E-state index contributed by atoms with van der Waals surface area (Å²) in [5.41, 5.74) is 17.8. The van der Waals surface area contributed by atoms with Crippen molar-refractivity contribution >= 4 is 157 Å². The molecule has 0 radical (unpaired) electrons. The molecular weight excluding hydrogens is 754 g/mol. The highest BCUT2D eigenvalue weighted by Gasteiger charge is 2.26. The zero-order valence-electron chi connectivity index (χ0n) is 35.4. The molecule has 0 atom stereocenters. The molecule has 0 saturated heterocycles. The van der Waals surface area contributed by atoms with Gasteiger partial charge in [0.1, 0.15) is 66.1 Å². The van der Waals surface area contributed by atoms with Crippen LogP contribution in [0.1, 0.15) is 0 Å². The van der Waals surface area contributed by atoms with Crippen LogP contribution in [0, 0.1) is 0 Å². The molecule has 280 valence electrons. The van der Waals surface area contributed by atoms with Gasteiger partial charge in [0.2, 0.25) is 0 Å². The van der Waals surface area contributed by atoms with Gasteiger partial charge in [-0.05, 0) is 57.3 Å². The first-order chi connectivity index (χ1) is 29.6. The van der Waals surface area contributed by atoms with E-state index < -0.39 is 0 Å². The summed E-state index contributed by atoms with van der Waals surface area (Å²) in [6, 6.07) is 47.7. The molecule has 11 aromatic rings. The molecule has 0 unspecified atom stereocenters. The molecule has 0 aliphatic heterocycles. The normalized spacial score (nSPS) is 11.7. The van der Waals surface area contributed by atoms with Crippen LogP contribution in [0.25, 0.3) is 109 Å². The molecule has 0 fully saturated rings. The lowest BCUT2D eigenvalue weighted by atomic mass is 9.64. The van der Waals surface area contributed by atoms with Crippen LogP contribution in [0.15, 0.2) is 138 Å². The van der Waals surface area contributed by atoms with E-state index in [0.29, 0.717) is 17.5 Å². The maximum Gasteiger partial charge on any atom is 0.164 e. The van der Waals surface area contributed by atoms with E-state index in [-0.39, 0.29) is 0 Å². The molecule has 11 rings (SSSR count). The molecule has 0 aliphatic carbocycles. The fourth-order valence-corrected chi connectivity index (χ4v) is 10.5. The second-order valence-electron chi connectivity index (χ2n) is 16.6. The highest BCUT2D eigenvalue weighted by Crippen LogP contribution is 2.40. The minimum atomic E-state index is 0.629. The average Bonchev–Trinajstić information content (AvgIpc) is 3.89. The van der Waals surface area contributed by atoms with Crippen LogP contribution in [-0.4, -0.2) is 69.9 Å². The third-order valence-electron chi connectivity index (χ3n) is 13.3. The van der Waals surface area contributed by atoms with E-state index in [4.69, 9.17) is 19.4 Å². The Hall–Kier alpha value is -6.50. The summed E-state index contributed by atoms with van der Waals surface area (Å²) >= 11 is 1.80. The van der Waals surface area contributed by atoms with Crippen molar-refractivity contribution in [3.05, 3.63) is 133 Å². The number of hydrogen-bond donors (Lipinski definition) is 0. The minimum absolute atomic E-state index is 0.629. The maximum absolute atomic E-state index is 6.90. The lowest BCUT2D eigenvalue weighted by Gasteiger charge is -2.17. The molecule has 0 aliphatic rings. The minimum Gasteiger partial charge on any atom is -0.457 e. The van der Waals surface area contributed by atoms with Crippen molar-refractivity contribution < 1.29 is 4.42 Å². The monoisotopic (exact) mass is 791 g/mol. The summed E-state index contributed by atoms with van der Waals surface area (Å²) in [7, 11) is 15.4. The molecule has 8 aromatic carbocycles. The van der Waals surface area contributed by atoms with E-state index in [0.717, 1.165) is 60.7 Å². The summed E-state index contributed by atoms with van der Waals surface area (Å²) in [6.07, 6.45) is 0. The third-order valence-corrected chi connectivity index (χ3v) is 14.5. The molecule has 12 heteroatoms. The Labute approximate surface area is 364 Å². The Bertz CT molecular complexity index is 3640. The van der Waals surface area contributed by atoms with Crippen molar-refractivity contribution in [1.82, 2.24) is 15.0 Å². The van der Waals surface area contributed by atoms with Gasteiger partial charge in [0, 0.05) is 47.6 Å². The lowest BCUT2D eigenvalue weighted by molar-refractivity contribution is 0.675. The predicted molar refractivity (Wildman–Crippen MR) is 282 cm³/mol. The van der Waals surface area contributed by atoms with Crippen LogP contribution >= 0.6 is 11.3 Å². The molecule has 0 saturated carbocycles. The van der Waals surface area contributed by atoms with Crippen molar-refractivity contribution in [3.63, 3.8) is 0 Å². The lowest BCUT2D eigenvalue weighted by Crippen LogP contribution is -2.47. The largest absolute Gasteiger partial charge is 0.457 e. The number of hydrogen-bond acceptors (Lipinski definition) is 5. The van der Waals surface area contributed by atoms with Crippen molar-refractivity contribution in [1.29, 1.82) is 0 Å². The van der Waals surface area contributed by atoms with E-state index in [1.54, 1.807) is 11.3 Å². The summed E-state index contributed by atoms with van der Waals surface area (Å²) < 4.78 is 9.35. The zero-order valence-corrected chi connectivity index (χ0v) is 36.2. The van der Waals surface area contributed by atoms with Gasteiger partial charge >= 0.3 is 0 Å². The van der Waals surface area contributed by atoms with Gasteiger partial charge in [-0.15, -0.1) is 16.8 Å². The first-order valence-corrected chi connectivity index (χ1v) is 21.8. The summed E-state index contributed by atoms with van der Waals surface area (Å²) in [4.78, 5) is 16.3. The molecule has 0 N–H and O–H groups in total. The highest BCUT2D eigenvalue weighted by molar-refractivity contribution is 7.25. The summed E-state index contributed by atoms with van der Waals surface area (Å²) in [5.74, 6) is 1.92. The Morgan fingerprint density at radius 2 is 0.951 bits per heavy atom. The van der Waals surface area contributed by atoms with E-state index in [9.17, 15) is 0 Å². The Kier molecular flexibility index (Phi) is 8.80. The molecule has 3 heterocycles. The van der Waals surface area contributed by atoms with Crippen molar-refractivity contribution in [2.75, 3.05) is 0 Å². The molecular formula is C49H36B7N3OS. The Morgan fingerprint density at radius 1 is 0.377 bits per heavy atom. The van der Waals surface area contributed by atoms with Crippen molar-refractivity contribution in [2.24, 2.45) is 0 Å². The second-order valence-corrected chi connectivity index (χ2v) is 17.6. The fourth-order valence-electron chi connectivity index (χ4n) is 9.34. The SMILES string of the molecule is Bc1c(B)c(B)c2c(oc3c(B)c(B)c(B)c(-c4nc(-c5cccc(-c6ccc(-c7ccc8ccccc8c7)cc6)c5)nc(-c5cccc6sc7ccccc7c56)n4)c32)c1B. The van der Waals surface area contributed by atoms with Gasteiger partial charge < -0.3 is 4.42 Å². The van der Waals surface area contributed by atoms with Gasteiger partial charge in [-0.25, -0.2) is 15.0 Å². The number of nitrogens with zero attached hydrogens (tertiary/aromatic N) is 3. The number of aromatic nitrogens is 3. The number of rotatable bonds is 5. The highest BCUT2D eigenvalue weighted by atomic mass is 32.1. The molecule has 4 nitrogen and oxygen atoms in total. The number of fused-ring (bicyclic) bond motifs is 7. The van der Waals surface area contributed by atoms with E-state index in [1.165, 1.54) is 69.4 Å². The van der Waals surface area contributed by atoms with E-state index >= 15 is 0 Å². The smallest absolute Gasteiger partial charge is 0.164 e. The summed E-state index contributed by atoms with van der Waals surface area (Å²) in [6.45, 7) is 0. The molecule has 0 amide bonds. The molecule has 0 spiro atoms. The standard InChI is InChI=1S/C49H36B7N3OS/c50-38-36-35-37(39(51)41(53)43(55)45(35)60-46(36)44(56)42(54)40(38)52)49-58-47(57-48(59-49)31-12-6-14-33-34(31)30-11-3-4-13-32(30)61-33)29-10-5-9-27(22-29)24-15-17-25(18-16-24)28-20-19-23-7-1-2-8-26(23)21-28/h1-22H,50-56H2. The number of furan rings is 1. The van der Waals surface area contributed by atoms with E-state index in [1.807, 2.05) is 0 Å². The van der Waals surface area contributed by atoms with Gasteiger partial charge in [-0.1, -0.05) is 142 Å². The van der Waals surface area contributed by atoms with E-state index in [2.05, 4.69) is 188 Å². The topological polar surface area (TPSA) is 51.8 Å². The first kappa shape index (κ1) is 37.5. The van der Waals surface area contributed by atoms with Crippen LogP contribution in [0.5, 0.6) is 0 Å². The summed E-state index contributed by atoms with van der Waals surface area (Å²) in [5, 5.41) is 7.07. The quantitative estimate of drug-likeness (QED) is 0.248. The van der Waals surface area contributed by atoms with Crippen LogP contribution in [-0.2, 0) is 0 Å². The van der Waals surface area contributed by atoms with Gasteiger partial charge in [0.05, 0.1) is 0 Å². The number of benzene rings is 8. The maximum atomic E-state index is 6.90. The second kappa shape index (κ2) is 14.3. The first-order valence-electron chi connectivity index (χ1n) is 20.9. The van der Waals surface area contributed by atoms with Crippen LogP contribution in [0.3, 0.4) is 0 Å².